The highest BCUT2D eigenvalue weighted by molar-refractivity contribution is 8.00. The number of hydrogen-bond donors (Lipinski definition) is 1. The zero-order chi connectivity index (χ0) is 22.8. The highest BCUT2D eigenvalue weighted by Crippen LogP contribution is 2.39. The molecule has 33 heavy (non-hydrogen) atoms. The van der Waals surface area contributed by atoms with E-state index in [1.807, 2.05) is 36.4 Å². The van der Waals surface area contributed by atoms with Crippen LogP contribution in [0.1, 0.15) is 34.1 Å². The Balaban J connectivity index is 1.30. The van der Waals surface area contributed by atoms with Gasteiger partial charge in [0.15, 0.2) is 4.34 Å². The summed E-state index contributed by atoms with van der Waals surface area (Å²) in [5.74, 6) is 0.895. The molecular formula is C25H22FN3O2S2. The third kappa shape index (κ3) is 5.03. The first-order valence-electron chi connectivity index (χ1n) is 10.5. The summed E-state index contributed by atoms with van der Waals surface area (Å²) in [6.45, 7) is 4.43. The Kier molecular flexibility index (Phi) is 6.30. The van der Waals surface area contributed by atoms with E-state index in [9.17, 15) is 4.39 Å². The quantitative estimate of drug-likeness (QED) is 0.302. The lowest BCUT2D eigenvalue weighted by Gasteiger charge is -2.28. The van der Waals surface area contributed by atoms with Crippen LogP contribution in [0.2, 0.25) is 0 Å². The van der Waals surface area contributed by atoms with Crippen molar-refractivity contribution in [2.75, 3.05) is 5.32 Å². The van der Waals surface area contributed by atoms with Crippen LogP contribution < -0.4 is 10.1 Å². The molecule has 0 spiro atoms. The maximum atomic E-state index is 14.3. The number of rotatable bonds is 6. The fourth-order valence-electron chi connectivity index (χ4n) is 3.69. The smallest absolute Gasteiger partial charge is 0.227 e. The average molecular weight is 480 g/mol. The van der Waals surface area contributed by atoms with E-state index in [-0.39, 0.29) is 5.82 Å². The van der Waals surface area contributed by atoms with Crippen molar-refractivity contribution in [2.24, 2.45) is 0 Å². The van der Waals surface area contributed by atoms with Crippen LogP contribution in [0.4, 0.5) is 15.2 Å². The van der Waals surface area contributed by atoms with Crippen LogP contribution in [-0.2, 0) is 17.1 Å². The summed E-state index contributed by atoms with van der Waals surface area (Å²) in [6, 6.07) is 19.0. The van der Waals surface area contributed by atoms with Crippen LogP contribution in [-0.4, -0.2) is 10.2 Å². The van der Waals surface area contributed by atoms with Crippen molar-refractivity contribution in [3.8, 4) is 5.75 Å². The molecule has 5 nitrogen and oxygen atoms in total. The molecule has 1 aliphatic rings. The van der Waals surface area contributed by atoms with Crippen molar-refractivity contribution in [2.45, 2.75) is 36.8 Å². The topological polar surface area (TPSA) is 56.3 Å². The molecule has 1 atom stereocenters. The van der Waals surface area contributed by atoms with E-state index in [4.69, 9.17) is 9.47 Å². The number of benzene rings is 3. The number of nitrogens with one attached hydrogen (secondary N) is 1. The van der Waals surface area contributed by atoms with Gasteiger partial charge < -0.3 is 14.8 Å². The third-order valence-electron chi connectivity index (χ3n) is 5.28. The van der Waals surface area contributed by atoms with Crippen LogP contribution in [0.3, 0.4) is 0 Å². The maximum Gasteiger partial charge on any atom is 0.227 e. The summed E-state index contributed by atoms with van der Waals surface area (Å²) in [6.07, 6.45) is -0.511. The molecule has 0 saturated carbocycles. The lowest BCUT2D eigenvalue weighted by Crippen LogP contribution is -2.19. The maximum absolute atomic E-state index is 14.3. The first-order chi connectivity index (χ1) is 16.0. The summed E-state index contributed by atoms with van der Waals surface area (Å²) in [5, 5.41) is 12.6. The zero-order valence-corrected chi connectivity index (χ0v) is 19.8. The van der Waals surface area contributed by atoms with E-state index in [1.165, 1.54) is 40.8 Å². The molecule has 0 amide bonds. The van der Waals surface area contributed by atoms with Crippen molar-refractivity contribution in [1.82, 2.24) is 10.2 Å². The van der Waals surface area contributed by atoms with Gasteiger partial charge in [0.1, 0.15) is 11.6 Å². The molecule has 1 aromatic heterocycles. The van der Waals surface area contributed by atoms with E-state index in [1.54, 1.807) is 0 Å². The minimum atomic E-state index is -0.511. The molecule has 5 rings (SSSR count). The highest BCUT2D eigenvalue weighted by Gasteiger charge is 2.25. The Labute approximate surface area is 200 Å². The monoisotopic (exact) mass is 479 g/mol. The number of aryl methyl sites for hydroxylation is 2. The van der Waals surface area contributed by atoms with Gasteiger partial charge in [-0.15, -0.1) is 10.2 Å². The Morgan fingerprint density at radius 3 is 2.76 bits per heavy atom. The normalized spacial score (nSPS) is 15.1. The van der Waals surface area contributed by atoms with E-state index in [2.05, 4.69) is 41.5 Å². The summed E-state index contributed by atoms with van der Waals surface area (Å²) < 4.78 is 27.0. The fraction of sp³-hybridized carbons (Fsp3) is 0.200. The minimum Gasteiger partial charge on any atom is -0.460 e. The lowest BCUT2D eigenvalue weighted by molar-refractivity contribution is -0.112. The standard InChI is InChI=1S/C25H22FN3O2S2/c1-15-8-9-21(16(2)10-15)27-24-28-29-25(33-24)32-14-19-12-20(26)11-18-13-30-23(31-22(18)19)17-6-4-3-5-7-17/h3-12,23H,13-14H2,1-2H3,(H,27,28). The van der Waals surface area contributed by atoms with Gasteiger partial charge in [-0.1, -0.05) is 71.1 Å². The van der Waals surface area contributed by atoms with E-state index < -0.39 is 6.29 Å². The second-order valence-electron chi connectivity index (χ2n) is 7.83. The van der Waals surface area contributed by atoms with Gasteiger partial charge in [0.25, 0.3) is 0 Å². The SMILES string of the molecule is Cc1ccc(Nc2nnc(SCc3cc(F)cc4c3OC(c3ccccc3)OC4)s2)c(C)c1. The molecule has 0 saturated heterocycles. The van der Waals surface area contributed by atoms with Crippen LogP contribution in [0.25, 0.3) is 0 Å². The molecule has 168 valence electrons. The molecular weight excluding hydrogens is 457 g/mol. The molecule has 3 aromatic carbocycles. The van der Waals surface area contributed by atoms with Gasteiger partial charge in [-0.05, 0) is 37.6 Å². The molecule has 0 bridgehead atoms. The third-order valence-corrected chi connectivity index (χ3v) is 7.30. The predicted octanol–water partition coefficient (Wildman–Crippen LogP) is 6.94. The molecule has 4 aromatic rings. The van der Waals surface area contributed by atoms with E-state index in [0.29, 0.717) is 23.7 Å². The van der Waals surface area contributed by atoms with Crippen molar-refractivity contribution in [3.63, 3.8) is 0 Å². The van der Waals surface area contributed by atoms with Gasteiger partial charge in [-0.25, -0.2) is 4.39 Å². The van der Waals surface area contributed by atoms with E-state index >= 15 is 0 Å². The number of hydrogen-bond acceptors (Lipinski definition) is 7. The fourth-order valence-corrected chi connectivity index (χ4v) is 5.42. The summed E-state index contributed by atoms with van der Waals surface area (Å²) in [4.78, 5) is 0. The van der Waals surface area contributed by atoms with Gasteiger partial charge in [0.05, 0.1) is 6.61 Å². The highest BCUT2D eigenvalue weighted by atomic mass is 32.2. The van der Waals surface area contributed by atoms with Gasteiger partial charge in [-0.3, -0.25) is 0 Å². The molecule has 1 aliphatic heterocycles. The van der Waals surface area contributed by atoms with Crippen LogP contribution in [0.5, 0.6) is 5.75 Å². The van der Waals surface area contributed by atoms with Crippen LogP contribution in [0, 0.1) is 19.7 Å². The molecule has 0 aliphatic carbocycles. The summed E-state index contributed by atoms with van der Waals surface area (Å²) in [7, 11) is 0. The Morgan fingerprint density at radius 1 is 1.09 bits per heavy atom. The molecule has 0 fully saturated rings. The Hall–Kier alpha value is -2.94. The molecule has 2 heterocycles. The number of nitrogens with zero attached hydrogens (tertiary/aromatic N) is 2. The van der Waals surface area contributed by atoms with Crippen molar-refractivity contribution >= 4 is 33.9 Å². The number of halogens is 1. The minimum absolute atomic E-state index is 0.299. The van der Waals surface area contributed by atoms with Gasteiger partial charge in [0.2, 0.25) is 11.4 Å². The number of ether oxygens (including phenoxy) is 2. The second kappa shape index (κ2) is 9.51. The zero-order valence-electron chi connectivity index (χ0n) is 18.2. The molecule has 8 heteroatoms. The van der Waals surface area contributed by atoms with Gasteiger partial charge in [0, 0.05) is 28.1 Å². The molecule has 1 N–H and O–H groups in total. The number of anilines is 2. The van der Waals surface area contributed by atoms with Crippen molar-refractivity contribution in [1.29, 1.82) is 0 Å². The van der Waals surface area contributed by atoms with E-state index in [0.717, 1.165) is 31.8 Å². The Morgan fingerprint density at radius 2 is 1.94 bits per heavy atom. The number of thioether (sulfide) groups is 1. The van der Waals surface area contributed by atoms with Gasteiger partial charge >= 0.3 is 0 Å². The first-order valence-corrected chi connectivity index (χ1v) is 12.3. The molecule has 0 radical (unpaired) electrons. The average Bonchev–Trinajstić information content (AvgIpc) is 3.27. The molecule has 1 unspecified atom stereocenters. The van der Waals surface area contributed by atoms with Crippen LogP contribution >= 0.6 is 23.1 Å². The summed E-state index contributed by atoms with van der Waals surface area (Å²) in [5.41, 5.74) is 5.79. The number of aromatic nitrogens is 2. The van der Waals surface area contributed by atoms with Gasteiger partial charge in [-0.2, -0.15) is 0 Å². The van der Waals surface area contributed by atoms with Crippen LogP contribution in [0.15, 0.2) is 65.0 Å². The largest absolute Gasteiger partial charge is 0.460 e. The predicted molar refractivity (Wildman–Crippen MR) is 130 cm³/mol. The second-order valence-corrected chi connectivity index (χ2v) is 10.0. The Bertz CT molecular complexity index is 1280. The lowest BCUT2D eigenvalue weighted by atomic mass is 10.1. The van der Waals surface area contributed by atoms with Crippen molar-refractivity contribution in [3.05, 3.63) is 94.3 Å². The summed E-state index contributed by atoms with van der Waals surface area (Å²) >= 11 is 2.98. The number of fused-ring (bicyclic) bond motifs is 1. The van der Waals surface area contributed by atoms with Crippen molar-refractivity contribution < 1.29 is 13.9 Å². The first kappa shape index (κ1) is 21.9.